The van der Waals surface area contributed by atoms with Gasteiger partial charge in [0, 0.05) is 10.9 Å². The van der Waals surface area contributed by atoms with Crippen LogP contribution in [-0.2, 0) is 10.0 Å². The van der Waals surface area contributed by atoms with Crippen LogP contribution in [0.25, 0.3) is 0 Å². The molecule has 0 aliphatic rings. The number of thioether (sulfide) groups is 1. The van der Waals surface area contributed by atoms with Gasteiger partial charge >= 0.3 is 0 Å². The Kier molecular flexibility index (Phi) is 5.08. The summed E-state index contributed by atoms with van der Waals surface area (Å²) in [6.45, 7) is 3.85. The molecule has 0 saturated heterocycles. The van der Waals surface area contributed by atoms with Crippen molar-refractivity contribution in [3.05, 3.63) is 59.7 Å². The zero-order valence-corrected chi connectivity index (χ0v) is 14.0. The highest BCUT2D eigenvalue weighted by Crippen LogP contribution is 2.20. The van der Waals surface area contributed by atoms with Gasteiger partial charge in [-0.05, 0) is 49.9 Å². The molecule has 0 spiro atoms. The maximum absolute atomic E-state index is 12.4. The van der Waals surface area contributed by atoms with Gasteiger partial charge in [0.2, 0.25) is 10.0 Å². The van der Waals surface area contributed by atoms with Crippen LogP contribution in [-0.4, -0.2) is 14.7 Å². The van der Waals surface area contributed by atoms with E-state index in [1.807, 2.05) is 56.5 Å². The number of nitrogens with one attached hydrogen (secondary N) is 1. The molecular weight excluding hydrogens is 302 g/mol. The van der Waals surface area contributed by atoms with Crippen molar-refractivity contribution in [2.75, 3.05) is 6.26 Å². The van der Waals surface area contributed by atoms with Crippen LogP contribution in [0.5, 0.6) is 0 Å². The minimum Gasteiger partial charge on any atom is -0.207 e. The minimum atomic E-state index is -3.50. The van der Waals surface area contributed by atoms with Gasteiger partial charge in [-0.3, -0.25) is 0 Å². The van der Waals surface area contributed by atoms with E-state index in [0.29, 0.717) is 4.90 Å². The number of rotatable bonds is 5. The maximum atomic E-state index is 12.4. The van der Waals surface area contributed by atoms with Gasteiger partial charge in [-0.1, -0.05) is 29.8 Å². The second-order valence-electron chi connectivity index (χ2n) is 4.93. The normalized spacial score (nSPS) is 13.1. The standard InChI is InChI=1S/C16H19NO2S2/c1-12-4-6-14(7-5-12)13(2)17-21(18,19)16-10-8-15(20-3)9-11-16/h4-11,13,17H,1-3H3/t13-/m1/s1. The first-order chi connectivity index (χ1) is 9.92. The van der Waals surface area contributed by atoms with Gasteiger partial charge < -0.3 is 0 Å². The van der Waals surface area contributed by atoms with E-state index >= 15 is 0 Å². The van der Waals surface area contributed by atoms with Crippen LogP contribution in [0.1, 0.15) is 24.1 Å². The first kappa shape index (κ1) is 16.1. The summed E-state index contributed by atoms with van der Waals surface area (Å²) in [4.78, 5) is 1.33. The Labute approximate surface area is 130 Å². The highest BCUT2D eigenvalue weighted by Gasteiger charge is 2.18. The number of sulfonamides is 1. The van der Waals surface area contributed by atoms with E-state index in [-0.39, 0.29) is 6.04 Å². The maximum Gasteiger partial charge on any atom is 0.241 e. The molecule has 0 fully saturated rings. The molecule has 2 aromatic carbocycles. The van der Waals surface area contributed by atoms with Gasteiger partial charge in [-0.2, -0.15) is 0 Å². The van der Waals surface area contributed by atoms with Gasteiger partial charge in [0.1, 0.15) is 0 Å². The third-order valence-electron chi connectivity index (χ3n) is 3.28. The second kappa shape index (κ2) is 6.64. The zero-order chi connectivity index (χ0) is 15.5. The van der Waals surface area contributed by atoms with Gasteiger partial charge in [-0.15, -0.1) is 11.8 Å². The van der Waals surface area contributed by atoms with E-state index in [1.54, 1.807) is 23.9 Å². The van der Waals surface area contributed by atoms with E-state index < -0.39 is 10.0 Å². The molecule has 21 heavy (non-hydrogen) atoms. The molecule has 2 aromatic rings. The average molecular weight is 321 g/mol. The van der Waals surface area contributed by atoms with Crippen molar-refractivity contribution in [1.82, 2.24) is 4.72 Å². The zero-order valence-electron chi connectivity index (χ0n) is 12.3. The summed E-state index contributed by atoms with van der Waals surface area (Å²) >= 11 is 1.58. The van der Waals surface area contributed by atoms with Gasteiger partial charge in [0.25, 0.3) is 0 Å². The van der Waals surface area contributed by atoms with Crippen molar-refractivity contribution in [3.8, 4) is 0 Å². The lowest BCUT2D eigenvalue weighted by Gasteiger charge is -2.15. The largest absolute Gasteiger partial charge is 0.241 e. The fourth-order valence-corrected chi connectivity index (χ4v) is 3.62. The van der Waals surface area contributed by atoms with E-state index in [0.717, 1.165) is 16.0 Å². The molecule has 0 saturated carbocycles. The van der Waals surface area contributed by atoms with Crippen molar-refractivity contribution in [1.29, 1.82) is 0 Å². The summed E-state index contributed by atoms with van der Waals surface area (Å²) in [5, 5.41) is 0. The van der Waals surface area contributed by atoms with Crippen LogP contribution in [0.4, 0.5) is 0 Å². The quantitative estimate of drug-likeness (QED) is 0.853. The predicted molar refractivity (Wildman–Crippen MR) is 88.1 cm³/mol. The monoisotopic (exact) mass is 321 g/mol. The summed E-state index contributed by atoms with van der Waals surface area (Å²) in [7, 11) is -3.50. The lowest BCUT2D eigenvalue weighted by Crippen LogP contribution is -2.26. The number of hydrogen-bond acceptors (Lipinski definition) is 3. The van der Waals surface area contributed by atoms with Gasteiger partial charge in [0.15, 0.2) is 0 Å². The molecule has 0 aromatic heterocycles. The lowest BCUT2D eigenvalue weighted by molar-refractivity contribution is 0.567. The third kappa shape index (κ3) is 4.09. The Bertz CT molecular complexity index is 692. The van der Waals surface area contributed by atoms with Crippen molar-refractivity contribution in [2.45, 2.75) is 29.7 Å². The Morgan fingerprint density at radius 3 is 2.10 bits per heavy atom. The van der Waals surface area contributed by atoms with Crippen molar-refractivity contribution in [2.24, 2.45) is 0 Å². The third-order valence-corrected chi connectivity index (χ3v) is 5.58. The van der Waals surface area contributed by atoms with Crippen LogP contribution in [0.2, 0.25) is 0 Å². The summed E-state index contributed by atoms with van der Waals surface area (Å²) < 4.78 is 27.4. The fourth-order valence-electron chi connectivity index (χ4n) is 1.98. The van der Waals surface area contributed by atoms with Crippen LogP contribution < -0.4 is 4.72 Å². The van der Waals surface area contributed by atoms with Crippen molar-refractivity contribution in [3.63, 3.8) is 0 Å². The van der Waals surface area contributed by atoms with Crippen LogP contribution in [0.15, 0.2) is 58.3 Å². The molecule has 5 heteroatoms. The molecule has 0 unspecified atom stereocenters. The molecule has 0 aliphatic carbocycles. The molecule has 1 atom stereocenters. The van der Waals surface area contributed by atoms with Crippen LogP contribution in [0.3, 0.4) is 0 Å². The van der Waals surface area contributed by atoms with Gasteiger partial charge in [0.05, 0.1) is 4.90 Å². The van der Waals surface area contributed by atoms with Crippen molar-refractivity contribution >= 4 is 21.8 Å². The Morgan fingerprint density at radius 1 is 1.00 bits per heavy atom. The van der Waals surface area contributed by atoms with E-state index in [2.05, 4.69) is 4.72 Å². The molecule has 1 N–H and O–H groups in total. The summed E-state index contributed by atoms with van der Waals surface area (Å²) in [6, 6.07) is 14.5. The number of hydrogen-bond donors (Lipinski definition) is 1. The first-order valence-electron chi connectivity index (χ1n) is 6.65. The minimum absolute atomic E-state index is 0.268. The average Bonchev–Trinajstić information content (AvgIpc) is 2.47. The van der Waals surface area contributed by atoms with E-state index in [4.69, 9.17) is 0 Å². The highest BCUT2D eigenvalue weighted by atomic mass is 32.2. The molecule has 2 rings (SSSR count). The topological polar surface area (TPSA) is 46.2 Å². The van der Waals surface area contributed by atoms with Crippen molar-refractivity contribution < 1.29 is 8.42 Å². The smallest absolute Gasteiger partial charge is 0.207 e. The van der Waals surface area contributed by atoms with Gasteiger partial charge in [-0.25, -0.2) is 13.1 Å². The highest BCUT2D eigenvalue weighted by molar-refractivity contribution is 7.98. The summed E-state index contributed by atoms with van der Waals surface area (Å²) in [5.41, 5.74) is 2.10. The second-order valence-corrected chi connectivity index (χ2v) is 7.52. The molecular formula is C16H19NO2S2. The lowest BCUT2D eigenvalue weighted by atomic mass is 10.1. The summed E-state index contributed by atoms with van der Waals surface area (Å²) in [6.07, 6.45) is 1.96. The Balaban J connectivity index is 2.17. The molecule has 0 radical (unpaired) electrons. The predicted octanol–water partition coefficient (Wildman–Crippen LogP) is 3.76. The first-order valence-corrected chi connectivity index (χ1v) is 9.36. The van der Waals surface area contributed by atoms with E-state index in [1.165, 1.54) is 0 Å². The number of aryl methyl sites for hydroxylation is 1. The number of benzene rings is 2. The molecule has 0 amide bonds. The molecule has 0 aliphatic heterocycles. The molecule has 3 nitrogen and oxygen atoms in total. The summed E-state index contributed by atoms with van der Waals surface area (Å²) in [5.74, 6) is 0. The molecule has 0 bridgehead atoms. The Morgan fingerprint density at radius 2 is 1.57 bits per heavy atom. The molecule has 112 valence electrons. The van der Waals surface area contributed by atoms with Crippen LogP contribution in [0, 0.1) is 6.92 Å². The SMILES string of the molecule is CSc1ccc(S(=O)(=O)N[C@H](C)c2ccc(C)cc2)cc1. The van der Waals surface area contributed by atoms with Crippen LogP contribution >= 0.6 is 11.8 Å². The fraction of sp³-hybridized carbons (Fsp3) is 0.250. The molecule has 0 heterocycles. The Hall–Kier alpha value is -1.30. The van der Waals surface area contributed by atoms with E-state index in [9.17, 15) is 8.42 Å².